The fraction of sp³-hybridized carbons (Fsp3) is 0.182. The number of aryl methyl sites for hydroxylation is 2. The highest BCUT2D eigenvalue weighted by molar-refractivity contribution is 14.1. The summed E-state index contributed by atoms with van der Waals surface area (Å²) in [6.07, 6.45) is 3.40. The molecule has 2 rings (SSSR count). The van der Waals surface area contributed by atoms with Crippen molar-refractivity contribution in [1.82, 2.24) is 14.8 Å². The Morgan fingerprint density at radius 3 is 2.71 bits per heavy atom. The quantitative estimate of drug-likeness (QED) is 0.849. The maximum Gasteiger partial charge on any atom is 0.339 e. The third-order valence-electron chi connectivity index (χ3n) is 2.31. The lowest BCUT2D eigenvalue weighted by atomic mass is 10.1. The Hall–Kier alpha value is -1.44. The van der Waals surface area contributed by atoms with Crippen LogP contribution in [0.15, 0.2) is 18.5 Å². The minimum Gasteiger partial charge on any atom is -0.478 e. The van der Waals surface area contributed by atoms with Gasteiger partial charge in [-0.25, -0.2) is 14.5 Å². The van der Waals surface area contributed by atoms with E-state index in [2.05, 4.69) is 32.7 Å². The molecule has 0 bridgehead atoms. The summed E-state index contributed by atoms with van der Waals surface area (Å²) >= 11 is 2.12. The van der Waals surface area contributed by atoms with Crippen LogP contribution >= 0.6 is 22.6 Å². The Kier molecular flexibility index (Phi) is 3.14. The molecule has 5 nitrogen and oxygen atoms in total. The van der Waals surface area contributed by atoms with E-state index in [1.807, 2.05) is 6.92 Å². The molecular weight excluding hydrogens is 333 g/mol. The number of carboxylic acids is 1. The van der Waals surface area contributed by atoms with Gasteiger partial charge in [-0.2, -0.15) is 5.10 Å². The molecule has 0 spiro atoms. The first-order valence-corrected chi connectivity index (χ1v) is 5.99. The Morgan fingerprint density at radius 2 is 2.18 bits per heavy atom. The molecular formula is C11H10IN3O2. The third-order valence-corrected chi connectivity index (χ3v) is 2.86. The summed E-state index contributed by atoms with van der Waals surface area (Å²) in [5, 5.41) is 13.3. The lowest BCUT2D eigenvalue weighted by Crippen LogP contribution is -2.11. The number of pyridine rings is 1. The average Bonchev–Trinajstić information content (AvgIpc) is 2.62. The summed E-state index contributed by atoms with van der Waals surface area (Å²) < 4.78 is 2.42. The van der Waals surface area contributed by atoms with Gasteiger partial charge in [-0.3, -0.25) is 0 Å². The van der Waals surface area contributed by atoms with Gasteiger partial charge in [0.1, 0.15) is 5.56 Å². The van der Waals surface area contributed by atoms with Crippen molar-refractivity contribution in [1.29, 1.82) is 0 Å². The largest absolute Gasteiger partial charge is 0.478 e. The smallest absolute Gasteiger partial charge is 0.339 e. The van der Waals surface area contributed by atoms with Gasteiger partial charge in [-0.15, -0.1) is 0 Å². The molecule has 2 aromatic rings. The summed E-state index contributed by atoms with van der Waals surface area (Å²) in [6.45, 7) is 3.59. The molecule has 2 aromatic heterocycles. The fourth-order valence-corrected chi connectivity index (χ4v) is 2.05. The molecule has 1 N–H and O–H groups in total. The van der Waals surface area contributed by atoms with Crippen LogP contribution in [0.3, 0.4) is 0 Å². The second-order valence-electron chi connectivity index (χ2n) is 3.69. The van der Waals surface area contributed by atoms with E-state index in [0.29, 0.717) is 11.4 Å². The Morgan fingerprint density at radius 1 is 1.47 bits per heavy atom. The average molecular weight is 343 g/mol. The van der Waals surface area contributed by atoms with Crippen molar-refractivity contribution in [2.24, 2.45) is 0 Å². The van der Waals surface area contributed by atoms with Gasteiger partial charge in [0.25, 0.3) is 0 Å². The summed E-state index contributed by atoms with van der Waals surface area (Å²) in [6, 6.07) is 1.75. The molecule has 88 valence electrons. The normalized spacial score (nSPS) is 10.5. The summed E-state index contributed by atoms with van der Waals surface area (Å²) in [4.78, 5) is 15.5. The molecule has 0 aliphatic rings. The first-order valence-electron chi connectivity index (χ1n) is 4.91. The van der Waals surface area contributed by atoms with E-state index in [4.69, 9.17) is 0 Å². The maximum absolute atomic E-state index is 11.3. The minimum atomic E-state index is -0.990. The summed E-state index contributed by atoms with van der Waals surface area (Å²) in [5.74, 6) is -0.631. The minimum absolute atomic E-state index is 0.190. The van der Waals surface area contributed by atoms with Crippen molar-refractivity contribution in [3.05, 3.63) is 38.9 Å². The molecule has 0 saturated heterocycles. The summed E-state index contributed by atoms with van der Waals surface area (Å²) in [5.41, 5.74) is 1.65. The van der Waals surface area contributed by atoms with E-state index < -0.39 is 5.97 Å². The molecule has 0 fully saturated rings. The molecule has 2 heterocycles. The molecule has 17 heavy (non-hydrogen) atoms. The lowest BCUT2D eigenvalue weighted by Gasteiger charge is -2.09. The zero-order chi connectivity index (χ0) is 12.6. The van der Waals surface area contributed by atoms with Crippen molar-refractivity contribution in [2.45, 2.75) is 13.8 Å². The van der Waals surface area contributed by atoms with Crippen LogP contribution in [0.2, 0.25) is 0 Å². The number of carbonyl (C=O) groups is 1. The van der Waals surface area contributed by atoms with Crippen LogP contribution in [-0.4, -0.2) is 25.8 Å². The van der Waals surface area contributed by atoms with Gasteiger partial charge in [0.15, 0.2) is 5.82 Å². The zero-order valence-corrected chi connectivity index (χ0v) is 11.5. The van der Waals surface area contributed by atoms with Crippen LogP contribution in [0.4, 0.5) is 0 Å². The fourth-order valence-electron chi connectivity index (χ4n) is 1.66. The first-order chi connectivity index (χ1) is 7.99. The van der Waals surface area contributed by atoms with Gasteiger partial charge in [-0.05, 0) is 48.1 Å². The van der Waals surface area contributed by atoms with Crippen LogP contribution in [0, 0.1) is 17.4 Å². The highest BCUT2D eigenvalue weighted by atomic mass is 127. The molecule has 0 radical (unpaired) electrons. The van der Waals surface area contributed by atoms with E-state index in [-0.39, 0.29) is 5.56 Å². The molecule has 0 amide bonds. The molecule has 0 unspecified atom stereocenters. The van der Waals surface area contributed by atoms with E-state index in [9.17, 15) is 9.90 Å². The topological polar surface area (TPSA) is 68.0 Å². The van der Waals surface area contributed by atoms with Crippen molar-refractivity contribution in [3.8, 4) is 5.82 Å². The van der Waals surface area contributed by atoms with E-state index >= 15 is 0 Å². The predicted molar refractivity (Wildman–Crippen MR) is 70.5 cm³/mol. The van der Waals surface area contributed by atoms with E-state index in [1.54, 1.807) is 25.4 Å². The van der Waals surface area contributed by atoms with Crippen LogP contribution in [-0.2, 0) is 0 Å². The van der Waals surface area contributed by atoms with Gasteiger partial charge in [-0.1, -0.05) is 0 Å². The van der Waals surface area contributed by atoms with Gasteiger partial charge in [0, 0.05) is 11.9 Å². The number of halogens is 1. The Bertz CT molecular complexity index is 592. The van der Waals surface area contributed by atoms with E-state index in [0.717, 1.165) is 9.26 Å². The highest BCUT2D eigenvalue weighted by Gasteiger charge is 2.17. The molecule has 6 heteroatoms. The van der Waals surface area contributed by atoms with Crippen LogP contribution in [0.1, 0.15) is 21.6 Å². The maximum atomic E-state index is 11.3. The number of carboxylic acid groups (broad SMARTS) is 1. The predicted octanol–water partition coefficient (Wildman–Crippen LogP) is 2.19. The molecule has 0 aliphatic heterocycles. The number of aromatic nitrogens is 3. The van der Waals surface area contributed by atoms with Crippen molar-refractivity contribution in [3.63, 3.8) is 0 Å². The van der Waals surface area contributed by atoms with Crippen LogP contribution in [0.5, 0.6) is 0 Å². The molecule has 0 atom stereocenters. The number of nitrogens with zero attached hydrogens (tertiary/aromatic N) is 3. The number of hydrogen-bond donors (Lipinski definition) is 1. The van der Waals surface area contributed by atoms with Gasteiger partial charge < -0.3 is 5.11 Å². The number of hydrogen-bond acceptors (Lipinski definition) is 3. The van der Waals surface area contributed by atoms with Crippen molar-refractivity contribution >= 4 is 28.6 Å². The highest BCUT2D eigenvalue weighted by Crippen LogP contribution is 2.18. The molecule has 0 aromatic carbocycles. The molecule has 0 saturated carbocycles. The summed E-state index contributed by atoms with van der Waals surface area (Å²) in [7, 11) is 0. The van der Waals surface area contributed by atoms with E-state index in [1.165, 1.54) is 4.68 Å². The number of rotatable bonds is 2. The zero-order valence-electron chi connectivity index (χ0n) is 9.31. The standard InChI is InChI=1S/C11H10IN3O2/c1-6-3-7(2)14-10(9(6)11(16)17)15-5-8(12)4-13-15/h3-5H,1-2H3,(H,16,17). The monoisotopic (exact) mass is 343 g/mol. The molecule has 0 aliphatic carbocycles. The van der Waals surface area contributed by atoms with Gasteiger partial charge in [0.2, 0.25) is 0 Å². The van der Waals surface area contributed by atoms with Gasteiger partial charge >= 0.3 is 5.97 Å². The van der Waals surface area contributed by atoms with Crippen molar-refractivity contribution in [2.75, 3.05) is 0 Å². The van der Waals surface area contributed by atoms with Crippen LogP contribution in [0.25, 0.3) is 5.82 Å². The Balaban J connectivity index is 2.71. The van der Waals surface area contributed by atoms with Gasteiger partial charge in [0.05, 0.1) is 9.77 Å². The van der Waals surface area contributed by atoms with Crippen molar-refractivity contribution < 1.29 is 9.90 Å². The SMILES string of the molecule is Cc1cc(C)c(C(=O)O)c(-n2cc(I)cn2)n1. The second kappa shape index (κ2) is 4.44. The lowest BCUT2D eigenvalue weighted by molar-refractivity contribution is 0.0695. The first kappa shape index (κ1) is 12.0. The Labute approximate surface area is 112 Å². The van der Waals surface area contributed by atoms with Crippen LogP contribution < -0.4 is 0 Å². The third kappa shape index (κ3) is 2.31. The second-order valence-corrected chi connectivity index (χ2v) is 4.93. The number of aromatic carboxylic acids is 1.